The van der Waals surface area contributed by atoms with Crippen molar-refractivity contribution in [1.82, 2.24) is 49.8 Å². The molecule has 13 heteroatoms. The molecule has 2 aliphatic rings. The average Bonchev–Trinajstić information content (AvgIpc) is 3.82. The summed E-state index contributed by atoms with van der Waals surface area (Å²) in [4.78, 5) is 13.1. The van der Waals surface area contributed by atoms with Gasteiger partial charge in [0.25, 0.3) is 0 Å². The van der Waals surface area contributed by atoms with Crippen molar-refractivity contribution >= 4 is 0 Å². The van der Waals surface area contributed by atoms with E-state index in [0.717, 1.165) is 72.5 Å². The van der Waals surface area contributed by atoms with Crippen molar-refractivity contribution in [2.45, 2.75) is 96.6 Å². The second-order valence-corrected chi connectivity index (χ2v) is 13.6. The fourth-order valence-electron chi connectivity index (χ4n) is 6.08. The fourth-order valence-corrected chi connectivity index (χ4v) is 6.08. The van der Waals surface area contributed by atoms with E-state index >= 15 is 0 Å². The number of hydrogen-bond acceptors (Lipinski definition) is 10. The highest BCUT2D eigenvalue weighted by molar-refractivity contribution is 5.35. The first-order chi connectivity index (χ1) is 24.4. The zero-order chi connectivity index (χ0) is 35.1. The number of rotatable bonds is 19. The van der Waals surface area contributed by atoms with Gasteiger partial charge in [-0.25, -0.2) is 9.36 Å². The number of likely N-dealkylation sites (N-methyl/N-ethyl adjacent to an activating group) is 2. The molecule has 2 unspecified atom stereocenters. The molecule has 2 fully saturated rings. The van der Waals surface area contributed by atoms with Gasteiger partial charge < -0.3 is 9.47 Å². The summed E-state index contributed by atoms with van der Waals surface area (Å²) >= 11 is 0. The second kappa shape index (κ2) is 19.4. The summed E-state index contributed by atoms with van der Waals surface area (Å²) in [5, 5.41) is 16.8. The number of ether oxygens (including phenoxy) is 2. The van der Waals surface area contributed by atoms with E-state index < -0.39 is 0 Å². The minimum absolute atomic E-state index is 0.284. The monoisotopic (exact) mass is 690 g/mol. The Hall–Kier alpha value is -3.97. The average molecular weight is 691 g/mol. The van der Waals surface area contributed by atoms with E-state index in [1.54, 1.807) is 34.2 Å². The number of pyridine rings is 2. The van der Waals surface area contributed by atoms with Crippen LogP contribution in [0.2, 0.25) is 0 Å². The van der Waals surface area contributed by atoms with E-state index in [1.807, 2.05) is 24.5 Å². The molecule has 0 aromatic carbocycles. The maximum absolute atomic E-state index is 12.1. The van der Waals surface area contributed by atoms with Crippen LogP contribution >= 0.6 is 0 Å². The Kier molecular flexibility index (Phi) is 14.5. The van der Waals surface area contributed by atoms with Gasteiger partial charge in [-0.15, -0.1) is 10.2 Å². The zero-order valence-electron chi connectivity index (χ0n) is 30.3. The third-order valence-electron chi connectivity index (χ3n) is 10.0. The Morgan fingerprint density at radius 2 is 1.22 bits per heavy atom. The van der Waals surface area contributed by atoms with Crippen LogP contribution in [0.1, 0.15) is 83.0 Å². The van der Waals surface area contributed by atoms with Crippen LogP contribution in [0, 0.1) is 5.92 Å². The van der Waals surface area contributed by atoms with Crippen LogP contribution in [0.15, 0.2) is 49.3 Å². The van der Waals surface area contributed by atoms with Crippen molar-refractivity contribution in [3.63, 3.8) is 0 Å². The van der Waals surface area contributed by atoms with E-state index in [2.05, 4.69) is 68.3 Å². The van der Waals surface area contributed by atoms with E-state index in [-0.39, 0.29) is 6.67 Å². The molecule has 50 heavy (non-hydrogen) atoms. The normalized spacial score (nSPS) is 17.6. The molecule has 0 radical (unpaired) electrons. The molecule has 0 N–H and O–H groups in total. The number of hydrogen-bond donors (Lipinski definition) is 0. The Balaban J connectivity index is 0.000000197. The molecule has 0 aliphatic carbocycles. The molecular formula is C37H55FN10O2. The van der Waals surface area contributed by atoms with Gasteiger partial charge in [0.1, 0.15) is 24.7 Å². The SMILES string of the molecule is CCC(CC)CCCCc1cn(-c2cncc(OCC3CCN3C)c2)nn1.CN1CCC1COc1cncc(-n2cc(CCCCF)nn2)c1. The smallest absolute Gasteiger partial charge is 0.139 e. The first kappa shape index (κ1) is 37.3. The van der Waals surface area contributed by atoms with E-state index in [0.29, 0.717) is 31.7 Å². The predicted octanol–water partition coefficient (Wildman–Crippen LogP) is 5.93. The van der Waals surface area contributed by atoms with Gasteiger partial charge in [0, 0.05) is 24.2 Å². The number of halogens is 1. The van der Waals surface area contributed by atoms with Crippen molar-refractivity contribution in [3.8, 4) is 22.9 Å². The van der Waals surface area contributed by atoms with Gasteiger partial charge in [-0.05, 0) is 78.0 Å². The summed E-state index contributed by atoms with van der Waals surface area (Å²) in [5.74, 6) is 2.39. The molecule has 0 amide bonds. The molecule has 2 aliphatic heterocycles. The molecule has 272 valence electrons. The van der Waals surface area contributed by atoms with E-state index in [4.69, 9.17) is 9.47 Å². The molecule has 2 saturated heterocycles. The number of alkyl halides is 1. The van der Waals surface area contributed by atoms with Gasteiger partial charge >= 0.3 is 0 Å². The lowest BCUT2D eigenvalue weighted by atomic mass is 9.96. The van der Waals surface area contributed by atoms with Gasteiger partial charge in [-0.3, -0.25) is 24.2 Å². The van der Waals surface area contributed by atoms with E-state index in [1.165, 1.54) is 44.9 Å². The Labute approximate surface area is 296 Å². The summed E-state index contributed by atoms with van der Waals surface area (Å²) in [6.07, 6.45) is 22.6. The number of aryl methyl sites for hydroxylation is 2. The summed E-state index contributed by atoms with van der Waals surface area (Å²) < 4.78 is 27.3. The predicted molar refractivity (Wildman–Crippen MR) is 192 cm³/mol. The standard InChI is InChI=1S/C21H33N5O.C16H22FN5O/c1-4-17(5-2)8-6-7-9-18-15-26(24-23-18)20-12-21(14-22-13-20)27-16-19-10-11-25(19)3;1-21-7-5-14(21)12-23-16-8-15(9-18-10-16)22-11-13(19-20-22)4-2-3-6-17/h12-15,17,19H,4-11,16H2,1-3H3;8-11,14H,2-7,12H2,1H3. The molecule has 0 spiro atoms. The summed E-state index contributed by atoms with van der Waals surface area (Å²) in [6.45, 7) is 7.97. The Morgan fingerprint density at radius 1 is 0.720 bits per heavy atom. The Bertz CT molecular complexity index is 1560. The first-order valence-electron chi connectivity index (χ1n) is 18.4. The number of nitrogens with zero attached hydrogens (tertiary/aromatic N) is 10. The van der Waals surface area contributed by atoms with Crippen molar-refractivity contribution in [2.75, 3.05) is 47.1 Å². The van der Waals surface area contributed by atoms with Crippen LogP contribution in [0.3, 0.4) is 0 Å². The molecule has 4 aromatic heterocycles. The van der Waals surface area contributed by atoms with Crippen LogP contribution in [-0.4, -0.2) is 109 Å². The van der Waals surface area contributed by atoms with Crippen molar-refractivity contribution in [3.05, 3.63) is 60.7 Å². The third-order valence-corrected chi connectivity index (χ3v) is 10.0. The number of likely N-dealkylation sites (tertiary alicyclic amines) is 2. The quantitative estimate of drug-likeness (QED) is 0.110. The van der Waals surface area contributed by atoms with Crippen LogP contribution in [0.5, 0.6) is 11.5 Å². The molecule has 4 aromatic rings. The second-order valence-electron chi connectivity index (χ2n) is 13.6. The van der Waals surface area contributed by atoms with Gasteiger partial charge in [0.2, 0.25) is 0 Å². The number of unbranched alkanes of at least 4 members (excludes halogenated alkanes) is 2. The zero-order valence-corrected chi connectivity index (χ0v) is 30.3. The summed E-state index contributed by atoms with van der Waals surface area (Å²) in [5.41, 5.74) is 3.61. The van der Waals surface area contributed by atoms with E-state index in [9.17, 15) is 4.39 Å². The highest BCUT2D eigenvalue weighted by Gasteiger charge is 2.25. The van der Waals surface area contributed by atoms with Gasteiger partial charge in [-0.2, -0.15) is 0 Å². The van der Waals surface area contributed by atoms with Crippen molar-refractivity contribution in [2.24, 2.45) is 5.92 Å². The number of aromatic nitrogens is 8. The van der Waals surface area contributed by atoms with Gasteiger partial charge in [-0.1, -0.05) is 50.0 Å². The van der Waals surface area contributed by atoms with Crippen LogP contribution in [-0.2, 0) is 12.8 Å². The largest absolute Gasteiger partial charge is 0.490 e. The maximum Gasteiger partial charge on any atom is 0.139 e. The molecular weight excluding hydrogens is 635 g/mol. The van der Waals surface area contributed by atoms with Crippen LogP contribution in [0.4, 0.5) is 4.39 Å². The van der Waals surface area contributed by atoms with Gasteiger partial charge in [0.05, 0.1) is 66.6 Å². The van der Waals surface area contributed by atoms with Gasteiger partial charge in [0.15, 0.2) is 0 Å². The lowest BCUT2D eigenvalue weighted by Crippen LogP contribution is -2.48. The Morgan fingerprint density at radius 3 is 1.64 bits per heavy atom. The van der Waals surface area contributed by atoms with Crippen LogP contribution in [0.25, 0.3) is 11.4 Å². The molecule has 0 bridgehead atoms. The maximum atomic E-state index is 12.1. The summed E-state index contributed by atoms with van der Waals surface area (Å²) in [6, 6.07) is 4.90. The lowest BCUT2D eigenvalue weighted by molar-refractivity contribution is 0.0767. The first-order valence-corrected chi connectivity index (χ1v) is 18.4. The fraction of sp³-hybridized carbons (Fsp3) is 0.622. The third kappa shape index (κ3) is 11.0. The van der Waals surface area contributed by atoms with Crippen molar-refractivity contribution < 1.29 is 13.9 Å². The highest BCUT2D eigenvalue weighted by Crippen LogP contribution is 2.21. The molecule has 6 heterocycles. The molecule has 2 atom stereocenters. The van der Waals surface area contributed by atoms with Crippen molar-refractivity contribution in [1.29, 1.82) is 0 Å². The molecule has 6 rings (SSSR count). The topological polar surface area (TPSA) is 112 Å². The lowest BCUT2D eigenvalue weighted by Gasteiger charge is -2.37. The molecule has 12 nitrogen and oxygen atoms in total. The molecule has 0 saturated carbocycles. The van der Waals surface area contributed by atoms with Crippen LogP contribution < -0.4 is 9.47 Å². The minimum Gasteiger partial charge on any atom is -0.490 e. The highest BCUT2D eigenvalue weighted by atomic mass is 19.1. The summed E-state index contributed by atoms with van der Waals surface area (Å²) in [7, 11) is 4.24. The minimum atomic E-state index is -0.284.